The fraction of sp³-hybridized carbons (Fsp3) is 0.111. The highest BCUT2D eigenvalue weighted by Gasteiger charge is 2.29. The minimum atomic E-state index is -3.41. The van der Waals surface area contributed by atoms with Gasteiger partial charge in [-0.05, 0) is 29.3 Å². The molecule has 70 valence electrons. The summed E-state index contributed by atoms with van der Waals surface area (Å²) in [7, 11) is 0. The number of halogens is 4. The fourth-order valence-electron chi connectivity index (χ4n) is 0.815. The summed E-state index contributed by atoms with van der Waals surface area (Å²) in [5, 5.41) is -2.93. The number of benzene rings is 1. The first-order valence-corrected chi connectivity index (χ1v) is 4.19. The Kier molecular flexibility index (Phi) is 2.94. The van der Waals surface area contributed by atoms with Gasteiger partial charge in [-0.15, -0.1) is 0 Å². The first kappa shape index (κ1) is 10.5. The molecule has 1 rings (SSSR count). The van der Waals surface area contributed by atoms with Crippen LogP contribution in [0.2, 0.25) is 5.02 Å². The molecule has 0 saturated heterocycles. The quantitative estimate of drug-likeness (QED) is 0.659. The molecule has 0 heterocycles. The normalized spacial score (nSPS) is 11.4. The summed E-state index contributed by atoms with van der Waals surface area (Å²) in [6.07, 6.45) is 0. The molecule has 0 N–H and O–H groups in total. The molecule has 0 amide bonds. The lowest BCUT2D eigenvalue weighted by atomic mass is 10.1. The van der Waals surface area contributed by atoms with Crippen LogP contribution in [0.3, 0.4) is 0 Å². The van der Waals surface area contributed by atoms with Crippen LogP contribution in [0.15, 0.2) is 30.8 Å². The molecule has 0 nitrogen and oxygen atoms in total. The van der Waals surface area contributed by atoms with E-state index < -0.39 is 11.0 Å². The van der Waals surface area contributed by atoms with Gasteiger partial charge in [0, 0.05) is 10.6 Å². The SMILES string of the molecule is C=C(c1ccc(Cl)cc1)C(F)(F)Cl. The van der Waals surface area contributed by atoms with Crippen molar-refractivity contribution in [2.45, 2.75) is 5.38 Å². The van der Waals surface area contributed by atoms with Gasteiger partial charge in [0.1, 0.15) is 0 Å². The van der Waals surface area contributed by atoms with Gasteiger partial charge in [0.25, 0.3) is 0 Å². The van der Waals surface area contributed by atoms with Crippen molar-refractivity contribution in [3.63, 3.8) is 0 Å². The zero-order chi connectivity index (χ0) is 10.1. The number of allylic oxidation sites excluding steroid dienone is 1. The van der Waals surface area contributed by atoms with Gasteiger partial charge >= 0.3 is 5.38 Å². The van der Waals surface area contributed by atoms with Gasteiger partial charge in [0.15, 0.2) is 0 Å². The Bertz CT molecular complexity index is 311. The van der Waals surface area contributed by atoms with E-state index in [9.17, 15) is 8.78 Å². The molecule has 0 bridgehead atoms. The molecule has 0 fully saturated rings. The summed E-state index contributed by atoms with van der Waals surface area (Å²) < 4.78 is 25.1. The van der Waals surface area contributed by atoms with Crippen LogP contribution in [0, 0.1) is 0 Å². The Morgan fingerprint density at radius 2 is 1.69 bits per heavy atom. The van der Waals surface area contributed by atoms with E-state index in [0.29, 0.717) is 5.02 Å². The highest BCUT2D eigenvalue weighted by Crippen LogP contribution is 2.34. The Labute approximate surface area is 84.8 Å². The number of rotatable bonds is 2. The van der Waals surface area contributed by atoms with Crippen molar-refractivity contribution in [2.24, 2.45) is 0 Å². The zero-order valence-electron chi connectivity index (χ0n) is 6.53. The molecular weight excluding hydrogens is 217 g/mol. The van der Waals surface area contributed by atoms with Gasteiger partial charge in [-0.25, -0.2) is 0 Å². The van der Waals surface area contributed by atoms with Crippen LogP contribution in [0.1, 0.15) is 5.56 Å². The second-order valence-electron chi connectivity index (χ2n) is 2.48. The van der Waals surface area contributed by atoms with E-state index in [2.05, 4.69) is 6.58 Å². The van der Waals surface area contributed by atoms with Crippen LogP contribution in [0.25, 0.3) is 5.57 Å². The second kappa shape index (κ2) is 3.64. The first-order chi connectivity index (χ1) is 5.91. The van der Waals surface area contributed by atoms with E-state index in [-0.39, 0.29) is 5.56 Å². The van der Waals surface area contributed by atoms with Crippen molar-refractivity contribution in [3.05, 3.63) is 41.4 Å². The molecule has 1 aromatic rings. The van der Waals surface area contributed by atoms with Crippen LogP contribution in [-0.2, 0) is 0 Å². The largest absolute Gasteiger partial charge is 0.348 e. The molecule has 0 aliphatic heterocycles. The van der Waals surface area contributed by atoms with E-state index in [4.69, 9.17) is 23.2 Å². The highest BCUT2D eigenvalue weighted by atomic mass is 35.5. The molecule has 0 radical (unpaired) electrons. The lowest BCUT2D eigenvalue weighted by Gasteiger charge is -2.11. The highest BCUT2D eigenvalue weighted by molar-refractivity contribution is 6.30. The van der Waals surface area contributed by atoms with Gasteiger partial charge in [0.2, 0.25) is 0 Å². The Balaban J connectivity index is 2.97. The van der Waals surface area contributed by atoms with E-state index >= 15 is 0 Å². The second-order valence-corrected chi connectivity index (χ2v) is 3.39. The third-order valence-electron chi connectivity index (χ3n) is 1.53. The molecule has 0 aromatic heterocycles. The third-order valence-corrected chi connectivity index (χ3v) is 2.01. The van der Waals surface area contributed by atoms with Crippen LogP contribution in [-0.4, -0.2) is 5.38 Å². The van der Waals surface area contributed by atoms with Crippen molar-refractivity contribution in [1.29, 1.82) is 0 Å². The molecule has 0 unspecified atom stereocenters. The number of hydrogen-bond acceptors (Lipinski definition) is 0. The van der Waals surface area contributed by atoms with E-state index in [0.717, 1.165) is 0 Å². The zero-order valence-corrected chi connectivity index (χ0v) is 8.04. The molecule has 0 aliphatic rings. The summed E-state index contributed by atoms with van der Waals surface area (Å²) in [6.45, 7) is 3.20. The summed E-state index contributed by atoms with van der Waals surface area (Å²) in [5.74, 6) is 0. The van der Waals surface area contributed by atoms with Crippen molar-refractivity contribution in [2.75, 3.05) is 0 Å². The topological polar surface area (TPSA) is 0 Å². The van der Waals surface area contributed by atoms with Crippen molar-refractivity contribution >= 4 is 28.8 Å². The van der Waals surface area contributed by atoms with Crippen LogP contribution in [0.5, 0.6) is 0 Å². The average Bonchev–Trinajstić information content (AvgIpc) is 2.03. The predicted octanol–water partition coefficient (Wildman–Crippen LogP) is 4.18. The van der Waals surface area contributed by atoms with Crippen molar-refractivity contribution < 1.29 is 8.78 Å². The Morgan fingerprint density at radius 3 is 2.08 bits per heavy atom. The summed E-state index contributed by atoms with van der Waals surface area (Å²) in [4.78, 5) is 0. The van der Waals surface area contributed by atoms with Gasteiger partial charge in [-0.3, -0.25) is 0 Å². The molecule has 1 aromatic carbocycles. The van der Waals surface area contributed by atoms with E-state index in [1.54, 1.807) is 0 Å². The van der Waals surface area contributed by atoms with Crippen LogP contribution in [0.4, 0.5) is 8.78 Å². The summed E-state index contributed by atoms with van der Waals surface area (Å²) >= 11 is 10.4. The minimum Gasteiger partial charge on any atom is -0.183 e. The molecular formula is C9H6Cl2F2. The van der Waals surface area contributed by atoms with Crippen molar-refractivity contribution in [1.82, 2.24) is 0 Å². The number of alkyl halides is 3. The van der Waals surface area contributed by atoms with Gasteiger partial charge in [-0.2, -0.15) is 8.78 Å². The standard InChI is InChI=1S/C9H6Cl2F2/c1-6(9(11,12)13)7-2-4-8(10)5-3-7/h2-5H,1H2. The number of hydrogen-bond donors (Lipinski definition) is 0. The Hall–Kier alpha value is -0.600. The van der Waals surface area contributed by atoms with Gasteiger partial charge < -0.3 is 0 Å². The minimum absolute atomic E-state index is 0.282. The molecule has 0 aliphatic carbocycles. The maximum absolute atomic E-state index is 12.5. The summed E-state index contributed by atoms with van der Waals surface area (Å²) in [5.41, 5.74) is -0.143. The lowest BCUT2D eigenvalue weighted by molar-refractivity contribution is 0.165. The molecule has 0 saturated carbocycles. The third kappa shape index (κ3) is 2.68. The lowest BCUT2D eigenvalue weighted by Crippen LogP contribution is -2.07. The fourth-order valence-corrected chi connectivity index (χ4v) is 1.05. The first-order valence-electron chi connectivity index (χ1n) is 3.43. The van der Waals surface area contributed by atoms with E-state index in [1.807, 2.05) is 0 Å². The molecule has 4 heteroatoms. The molecule has 13 heavy (non-hydrogen) atoms. The predicted molar refractivity (Wildman–Crippen MR) is 51.3 cm³/mol. The Morgan fingerprint density at radius 1 is 1.23 bits per heavy atom. The van der Waals surface area contributed by atoms with Crippen molar-refractivity contribution in [3.8, 4) is 0 Å². The molecule has 0 spiro atoms. The average molecular weight is 223 g/mol. The van der Waals surface area contributed by atoms with Crippen LogP contribution < -0.4 is 0 Å². The van der Waals surface area contributed by atoms with Gasteiger partial charge in [-0.1, -0.05) is 30.3 Å². The van der Waals surface area contributed by atoms with Crippen LogP contribution >= 0.6 is 23.2 Å². The maximum Gasteiger partial charge on any atom is 0.348 e. The molecule has 0 atom stereocenters. The maximum atomic E-state index is 12.5. The smallest absolute Gasteiger partial charge is 0.183 e. The van der Waals surface area contributed by atoms with E-state index in [1.165, 1.54) is 24.3 Å². The summed E-state index contributed by atoms with van der Waals surface area (Å²) in [6, 6.07) is 5.90. The van der Waals surface area contributed by atoms with Gasteiger partial charge in [0.05, 0.1) is 0 Å². The monoisotopic (exact) mass is 222 g/mol.